The Morgan fingerprint density at radius 1 is 1.35 bits per heavy atom. The predicted octanol–water partition coefficient (Wildman–Crippen LogP) is 1.77. The summed E-state index contributed by atoms with van der Waals surface area (Å²) < 4.78 is 0. The molecular formula is C14H18ClN3O2. The first kappa shape index (κ1) is 14.8. The number of carbonyl (C=O) groups is 2. The van der Waals surface area contributed by atoms with Crippen LogP contribution in [0.2, 0.25) is 5.02 Å². The van der Waals surface area contributed by atoms with E-state index in [-0.39, 0.29) is 23.8 Å². The molecular weight excluding hydrogens is 278 g/mol. The molecule has 1 aromatic carbocycles. The molecule has 0 aromatic heterocycles. The van der Waals surface area contributed by atoms with Crippen LogP contribution in [0.25, 0.3) is 0 Å². The zero-order chi connectivity index (χ0) is 14.7. The third kappa shape index (κ3) is 3.29. The van der Waals surface area contributed by atoms with Crippen LogP contribution in [-0.2, 0) is 4.79 Å². The maximum atomic E-state index is 12.1. The molecule has 2 atom stereocenters. The number of benzene rings is 1. The molecule has 108 valence electrons. The molecule has 2 rings (SSSR count). The lowest BCUT2D eigenvalue weighted by Gasteiger charge is -2.12. The van der Waals surface area contributed by atoms with E-state index in [1.807, 2.05) is 0 Å². The molecule has 0 heterocycles. The number of nitrogens with two attached hydrogens (primary N) is 1. The van der Waals surface area contributed by atoms with Crippen LogP contribution in [0.1, 0.15) is 29.6 Å². The largest absolute Gasteiger partial charge is 0.355 e. The lowest BCUT2D eigenvalue weighted by molar-refractivity contribution is -0.119. The number of amides is 2. The second-order valence-electron chi connectivity index (χ2n) is 5.03. The Hall–Kier alpha value is -1.59. The Morgan fingerprint density at radius 3 is 2.65 bits per heavy atom. The van der Waals surface area contributed by atoms with Gasteiger partial charge in [0, 0.05) is 24.7 Å². The van der Waals surface area contributed by atoms with Crippen molar-refractivity contribution < 1.29 is 9.59 Å². The van der Waals surface area contributed by atoms with E-state index in [1.54, 1.807) is 18.2 Å². The topological polar surface area (TPSA) is 84.2 Å². The monoisotopic (exact) mass is 295 g/mol. The summed E-state index contributed by atoms with van der Waals surface area (Å²) in [6.07, 6.45) is 2.42. The van der Waals surface area contributed by atoms with E-state index >= 15 is 0 Å². The van der Waals surface area contributed by atoms with Gasteiger partial charge in [-0.25, -0.2) is 0 Å². The summed E-state index contributed by atoms with van der Waals surface area (Å²) in [5.41, 5.74) is 6.78. The smallest absolute Gasteiger partial charge is 0.252 e. The molecule has 6 heteroatoms. The van der Waals surface area contributed by atoms with Crippen molar-refractivity contribution in [3.05, 3.63) is 28.8 Å². The van der Waals surface area contributed by atoms with E-state index in [0.717, 1.165) is 19.3 Å². The highest BCUT2D eigenvalue weighted by Crippen LogP contribution is 2.26. The molecule has 0 spiro atoms. The number of hydrogen-bond acceptors (Lipinski definition) is 3. The van der Waals surface area contributed by atoms with Crippen LogP contribution in [0.5, 0.6) is 0 Å². The van der Waals surface area contributed by atoms with Crippen molar-refractivity contribution in [3.8, 4) is 0 Å². The van der Waals surface area contributed by atoms with Crippen LogP contribution in [0, 0.1) is 5.92 Å². The fourth-order valence-electron chi connectivity index (χ4n) is 2.41. The summed E-state index contributed by atoms with van der Waals surface area (Å²) in [4.78, 5) is 23.6. The van der Waals surface area contributed by atoms with Gasteiger partial charge < -0.3 is 16.4 Å². The normalized spacial score (nSPS) is 21.6. The lowest BCUT2D eigenvalue weighted by atomic mass is 10.1. The fraction of sp³-hybridized carbons (Fsp3) is 0.429. The Bertz CT molecular complexity index is 533. The van der Waals surface area contributed by atoms with E-state index in [1.165, 1.54) is 7.05 Å². The van der Waals surface area contributed by atoms with Crippen molar-refractivity contribution in [2.45, 2.75) is 25.3 Å². The van der Waals surface area contributed by atoms with Crippen LogP contribution >= 0.6 is 11.6 Å². The zero-order valence-corrected chi connectivity index (χ0v) is 12.0. The average Bonchev–Trinajstić information content (AvgIpc) is 2.85. The number of halogens is 1. The molecule has 1 aromatic rings. The van der Waals surface area contributed by atoms with Gasteiger partial charge in [-0.05, 0) is 37.5 Å². The number of hydrogen-bond donors (Lipinski definition) is 3. The molecule has 20 heavy (non-hydrogen) atoms. The van der Waals surface area contributed by atoms with Crippen molar-refractivity contribution in [2.75, 3.05) is 12.4 Å². The number of nitrogens with one attached hydrogen (secondary N) is 2. The number of anilines is 1. The van der Waals surface area contributed by atoms with Gasteiger partial charge in [0.2, 0.25) is 5.91 Å². The molecule has 0 radical (unpaired) electrons. The molecule has 0 aliphatic heterocycles. The molecule has 1 saturated carbocycles. The minimum absolute atomic E-state index is 0.0395. The Morgan fingerprint density at radius 2 is 2.10 bits per heavy atom. The van der Waals surface area contributed by atoms with E-state index in [0.29, 0.717) is 16.3 Å². The van der Waals surface area contributed by atoms with Crippen molar-refractivity contribution >= 4 is 29.1 Å². The van der Waals surface area contributed by atoms with Gasteiger partial charge in [0.1, 0.15) is 0 Å². The highest BCUT2D eigenvalue weighted by Gasteiger charge is 2.27. The summed E-state index contributed by atoms with van der Waals surface area (Å²) in [6, 6.07) is 4.96. The van der Waals surface area contributed by atoms with E-state index in [4.69, 9.17) is 17.3 Å². The summed E-state index contributed by atoms with van der Waals surface area (Å²) in [7, 11) is 1.54. The van der Waals surface area contributed by atoms with Crippen molar-refractivity contribution in [2.24, 2.45) is 11.7 Å². The Balaban J connectivity index is 2.05. The van der Waals surface area contributed by atoms with E-state index in [2.05, 4.69) is 10.6 Å². The predicted molar refractivity (Wildman–Crippen MR) is 78.8 cm³/mol. The van der Waals surface area contributed by atoms with Gasteiger partial charge >= 0.3 is 0 Å². The van der Waals surface area contributed by atoms with E-state index < -0.39 is 0 Å². The van der Waals surface area contributed by atoms with Crippen molar-refractivity contribution in [1.29, 1.82) is 0 Å². The first-order valence-corrected chi connectivity index (χ1v) is 6.97. The Labute approximate surface area is 122 Å². The quantitative estimate of drug-likeness (QED) is 0.794. The highest BCUT2D eigenvalue weighted by molar-refractivity contribution is 6.34. The first-order chi connectivity index (χ1) is 9.51. The van der Waals surface area contributed by atoms with Gasteiger partial charge in [0.15, 0.2) is 0 Å². The van der Waals surface area contributed by atoms with Crippen LogP contribution in [-0.4, -0.2) is 24.9 Å². The summed E-state index contributed by atoms with van der Waals surface area (Å²) in [5, 5.41) is 5.64. The second kappa shape index (κ2) is 6.24. The third-order valence-electron chi connectivity index (χ3n) is 3.55. The maximum Gasteiger partial charge on any atom is 0.252 e. The summed E-state index contributed by atoms with van der Waals surface area (Å²) in [6.45, 7) is 0. The van der Waals surface area contributed by atoms with Crippen LogP contribution in [0.3, 0.4) is 0 Å². The van der Waals surface area contributed by atoms with Gasteiger partial charge in [-0.15, -0.1) is 0 Å². The molecule has 4 N–H and O–H groups in total. The van der Waals surface area contributed by atoms with Crippen LogP contribution in [0.15, 0.2) is 18.2 Å². The van der Waals surface area contributed by atoms with E-state index in [9.17, 15) is 9.59 Å². The van der Waals surface area contributed by atoms with Gasteiger partial charge in [0.05, 0.1) is 10.6 Å². The minimum Gasteiger partial charge on any atom is -0.355 e. The molecule has 1 fully saturated rings. The Kier molecular flexibility index (Phi) is 4.62. The number of rotatable bonds is 3. The molecule has 1 aliphatic rings. The molecule has 1 aliphatic carbocycles. The van der Waals surface area contributed by atoms with Gasteiger partial charge in [-0.1, -0.05) is 11.6 Å². The van der Waals surface area contributed by atoms with Crippen LogP contribution in [0.4, 0.5) is 5.69 Å². The first-order valence-electron chi connectivity index (χ1n) is 6.59. The molecule has 2 amide bonds. The second-order valence-corrected chi connectivity index (χ2v) is 5.44. The average molecular weight is 296 g/mol. The van der Waals surface area contributed by atoms with Crippen molar-refractivity contribution in [3.63, 3.8) is 0 Å². The molecule has 0 bridgehead atoms. The van der Waals surface area contributed by atoms with Gasteiger partial charge in [-0.3, -0.25) is 9.59 Å². The SMILES string of the molecule is CNC(=O)c1ccc(NC(=O)C2CCC(N)C2)cc1Cl. The maximum absolute atomic E-state index is 12.1. The van der Waals surface area contributed by atoms with Gasteiger partial charge in [-0.2, -0.15) is 0 Å². The molecule has 2 unspecified atom stereocenters. The fourth-order valence-corrected chi connectivity index (χ4v) is 2.68. The molecule has 0 saturated heterocycles. The standard InChI is InChI=1S/C14H18ClN3O2/c1-17-14(20)11-5-4-10(7-12(11)15)18-13(19)8-2-3-9(16)6-8/h4-5,7-9H,2-3,6,16H2,1H3,(H,17,20)(H,18,19). The molecule has 5 nitrogen and oxygen atoms in total. The minimum atomic E-state index is -0.255. The summed E-state index contributed by atoms with van der Waals surface area (Å²) >= 11 is 6.04. The van der Waals surface area contributed by atoms with Gasteiger partial charge in [0.25, 0.3) is 5.91 Å². The number of carbonyl (C=O) groups excluding carboxylic acids is 2. The highest BCUT2D eigenvalue weighted by atomic mass is 35.5. The summed E-state index contributed by atoms with van der Waals surface area (Å²) in [5.74, 6) is -0.334. The zero-order valence-electron chi connectivity index (χ0n) is 11.3. The lowest BCUT2D eigenvalue weighted by Crippen LogP contribution is -2.23. The third-order valence-corrected chi connectivity index (χ3v) is 3.86. The van der Waals surface area contributed by atoms with Crippen LogP contribution < -0.4 is 16.4 Å². The van der Waals surface area contributed by atoms with Crippen molar-refractivity contribution in [1.82, 2.24) is 5.32 Å².